The number of rotatable bonds is 5. The lowest BCUT2D eigenvalue weighted by Gasteiger charge is -2.36. The van der Waals surface area contributed by atoms with Crippen LogP contribution in [0.3, 0.4) is 0 Å². The molecule has 3 N–H and O–H groups in total. The van der Waals surface area contributed by atoms with Crippen molar-refractivity contribution in [3.05, 3.63) is 0 Å². The van der Waals surface area contributed by atoms with E-state index in [4.69, 9.17) is 5.73 Å². The van der Waals surface area contributed by atoms with Crippen LogP contribution in [0.15, 0.2) is 0 Å². The lowest BCUT2D eigenvalue weighted by Crippen LogP contribution is -2.51. The van der Waals surface area contributed by atoms with Gasteiger partial charge in [-0.05, 0) is 13.0 Å². The van der Waals surface area contributed by atoms with E-state index in [1.807, 2.05) is 18.7 Å². The van der Waals surface area contributed by atoms with Crippen molar-refractivity contribution in [1.82, 2.24) is 9.80 Å². The molecule has 1 rings (SSSR count). The summed E-state index contributed by atoms with van der Waals surface area (Å²) in [7, 11) is 0. The molecule has 1 aliphatic rings. The van der Waals surface area contributed by atoms with Crippen molar-refractivity contribution in [2.45, 2.75) is 26.4 Å². The second kappa shape index (κ2) is 6.93. The quantitative estimate of drug-likeness (QED) is 0.683. The minimum absolute atomic E-state index is 0.0735. The van der Waals surface area contributed by atoms with Gasteiger partial charge in [0.15, 0.2) is 0 Å². The van der Waals surface area contributed by atoms with Crippen LogP contribution in [-0.4, -0.2) is 66.2 Å². The van der Waals surface area contributed by atoms with Crippen molar-refractivity contribution in [3.8, 4) is 0 Å². The number of aliphatic hydroxyl groups excluding tert-OH is 1. The lowest BCUT2D eigenvalue weighted by molar-refractivity contribution is -0.136. The van der Waals surface area contributed by atoms with Crippen molar-refractivity contribution in [2.24, 2.45) is 11.7 Å². The first-order valence-corrected chi connectivity index (χ1v) is 6.44. The van der Waals surface area contributed by atoms with E-state index in [1.54, 1.807) is 0 Å². The number of aliphatic hydroxyl groups is 1. The summed E-state index contributed by atoms with van der Waals surface area (Å²) in [6.07, 6.45) is 0.304. The zero-order chi connectivity index (χ0) is 12.8. The molecule has 1 saturated heterocycles. The van der Waals surface area contributed by atoms with Gasteiger partial charge in [-0.2, -0.15) is 0 Å². The van der Waals surface area contributed by atoms with Crippen LogP contribution in [0.2, 0.25) is 0 Å². The number of hydrogen-bond acceptors (Lipinski definition) is 4. The molecule has 0 aromatic heterocycles. The molecule has 0 spiro atoms. The van der Waals surface area contributed by atoms with Gasteiger partial charge in [0.05, 0.1) is 6.10 Å². The largest absolute Gasteiger partial charge is 0.392 e. The molecule has 0 saturated carbocycles. The maximum Gasteiger partial charge on any atom is 0.225 e. The molecule has 5 heteroatoms. The fourth-order valence-corrected chi connectivity index (χ4v) is 2.10. The van der Waals surface area contributed by atoms with E-state index in [2.05, 4.69) is 4.90 Å². The first kappa shape index (κ1) is 14.4. The Bertz CT molecular complexity index is 238. The first-order valence-electron chi connectivity index (χ1n) is 6.44. The van der Waals surface area contributed by atoms with Crippen LogP contribution >= 0.6 is 0 Å². The number of nitrogens with zero attached hydrogens (tertiary/aromatic N) is 2. The standard InChI is InChI=1S/C12H25N3O2/c1-10(2)12(17)15-7-5-14(6-8-15)9-11(16)3-4-13/h10-11,16H,3-9,13H2,1-2H3. The number of carbonyl (C=O) groups excluding carboxylic acids is 1. The Morgan fingerprint density at radius 1 is 1.29 bits per heavy atom. The molecule has 5 nitrogen and oxygen atoms in total. The number of piperazine rings is 1. The summed E-state index contributed by atoms with van der Waals surface area (Å²) >= 11 is 0. The van der Waals surface area contributed by atoms with E-state index in [1.165, 1.54) is 0 Å². The minimum atomic E-state index is -0.340. The van der Waals surface area contributed by atoms with Gasteiger partial charge in [0, 0.05) is 38.6 Å². The second-order valence-corrected chi connectivity index (χ2v) is 5.01. The molecule has 17 heavy (non-hydrogen) atoms. The number of amides is 1. The summed E-state index contributed by atoms with van der Waals surface area (Å²) in [5.41, 5.74) is 5.40. The Morgan fingerprint density at radius 3 is 2.35 bits per heavy atom. The van der Waals surface area contributed by atoms with Gasteiger partial charge in [0.1, 0.15) is 0 Å². The van der Waals surface area contributed by atoms with E-state index in [-0.39, 0.29) is 17.9 Å². The molecule has 0 radical (unpaired) electrons. The molecular weight excluding hydrogens is 218 g/mol. The van der Waals surface area contributed by atoms with Gasteiger partial charge < -0.3 is 15.7 Å². The fourth-order valence-electron chi connectivity index (χ4n) is 2.10. The van der Waals surface area contributed by atoms with Gasteiger partial charge in [0.2, 0.25) is 5.91 Å². The maximum atomic E-state index is 11.8. The molecule has 100 valence electrons. The van der Waals surface area contributed by atoms with Crippen molar-refractivity contribution < 1.29 is 9.90 Å². The number of β-amino-alcohol motifs (C(OH)–C–C–N with tert-alkyl or cyclic N) is 1. The molecule has 1 heterocycles. The molecule has 1 amide bonds. The number of hydrogen-bond donors (Lipinski definition) is 2. The normalized spacial score (nSPS) is 19.7. The van der Waals surface area contributed by atoms with Crippen LogP contribution in [0.4, 0.5) is 0 Å². The molecule has 1 unspecified atom stereocenters. The average molecular weight is 243 g/mol. The predicted octanol–water partition coefficient (Wildman–Crippen LogP) is -0.504. The molecule has 0 aliphatic carbocycles. The van der Waals surface area contributed by atoms with Crippen LogP contribution < -0.4 is 5.73 Å². The third kappa shape index (κ3) is 4.61. The van der Waals surface area contributed by atoms with E-state index in [0.717, 1.165) is 26.2 Å². The summed E-state index contributed by atoms with van der Waals surface area (Å²) < 4.78 is 0. The Balaban J connectivity index is 2.28. The Labute approximate surface area is 104 Å². The Kier molecular flexibility index (Phi) is 5.88. The van der Waals surface area contributed by atoms with Crippen LogP contribution in [0.1, 0.15) is 20.3 Å². The molecular formula is C12H25N3O2. The molecule has 0 bridgehead atoms. The molecule has 0 aromatic rings. The van der Waals surface area contributed by atoms with Gasteiger partial charge in [-0.3, -0.25) is 9.69 Å². The minimum Gasteiger partial charge on any atom is -0.392 e. The fraction of sp³-hybridized carbons (Fsp3) is 0.917. The summed E-state index contributed by atoms with van der Waals surface area (Å²) in [6.45, 7) is 8.28. The molecule has 1 aliphatic heterocycles. The van der Waals surface area contributed by atoms with Crippen LogP contribution in [0, 0.1) is 5.92 Å². The second-order valence-electron chi connectivity index (χ2n) is 5.01. The van der Waals surface area contributed by atoms with Gasteiger partial charge in [-0.25, -0.2) is 0 Å². The van der Waals surface area contributed by atoms with Crippen LogP contribution in [0.5, 0.6) is 0 Å². The summed E-state index contributed by atoms with van der Waals surface area (Å²) in [5, 5.41) is 9.66. The SMILES string of the molecule is CC(C)C(=O)N1CCN(CC(O)CCN)CC1. The summed E-state index contributed by atoms with van der Waals surface area (Å²) in [4.78, 5) is 15.9. The zero-order valence-corrected chi connectivity index (χ0v) is 10.9. The molecule has 0 aromatic carbocycles. The Hall–Kier alpha value is -0.650. The highest BCUT2D eigenvalue weighted by Gasteiger charge is 2.23. The van der Waals surface area contributed by atoms with Crippen molar-refractivity contribution >= 4 is 5.91 Å². The number of carbonyl (C=O) groups is 1. The first-order chi connectivity index (χ1) is 8.04. The maximum absolute atomic E-state index is 11.8. The monoisotopic (exact) mass is 243 g/mol. The lowest BCUT2D eigenvalue weighted by atomic mass is 10.1. The van der Waals surface area contributed by atoms with E-state index < -0.39 is 0 Å². The highest BCUT2D eigenvalue weighted by molar-refractivity contribution is 5.78. The predicted molar refractivity (Wildman–Crippen MR) is 67.5 cm³/mol. The number of nitrogens with two attached hydrogens (primary N) is 1. The third-order valence-corrected chi connectivity index (χ3v) is 3.15. The zero-order valence-electron chi connectivity index (χ0n) is 10.9. The molecule has 1 atom stereocenters. The van der Waals surface area contributed by atoms with E-state index in [9.17, 15) is 9.90 Å². The topological polar surface area (TPSA) is 69.8 Å². The molecule has 1 fully saturated rings. The summed E-state index contributed by atoms with van der Waals surface area (Å²) in [5.74, 6) is 0.302. The van der Waals surface area contributed by atoms with Crippen molar-refractivity contribution in [2.75, 3.05) is 39.3 Å². The third-order valence-electron chi connectivity index (χ3n) is 3.15. The summed E-state index contributed by atoms with van der Waals surface area (Å²) in [6, 6.07) is 0. The van der Waals surface area contributed by atoms with Gasteiger partial charge in [-0.1, -0.05) is 13.8 Å². The Morgan fingerprint density at radius 2 is 1.88 bits per heavy atom. The van der Waals surface area contributed by atoms with Gasteiger partial charge in [-0.15, -0.1) is 0 Å². The van der Waals surface area contributed by atoms with Crippen LogP contribution in [-0.2, 0) is 4.79 Å². The van der Waals surface area contributed by atoms with Gasteiger partial charge in [0.25, 0.3) is 0 Å². The average Bonchev–Trinajstić information content (AvgIpc) is 2.29. The van der Waals surface area contributed by atoms with Crippen molar-refractivity contribution in [1.29, 1.82) is 0 Å². The van der Waals surface area contributed by atoms with E-state index >= 15 is 0 Å². The van der Waals surface area contributed by atoms with E-state index in [0.29, 0.717) is 19.5 Å². The smallest absolute Gasteiger partial charge is 0.225 e. The van der Waals surface area contributed by atoms with Gasteiger partial charge >= 0.3 is 0 Å². The highest BCUT2D eigenvalue weighted by Crippen LogP contribution is 2.08. The van der Waals surface area contributed by atoms with Crippen molar-refractivity contribution in [3.63, 3.8) is 0 Å². The highest BCUT2D eigenvalue weighted by atomic mass is 16.3. The van der Waals surface area contributed by atoms with Crippen LogP contribution in [0.25, 0.3) is 0 Å².